The van der Waals surface area contributed by atoms with Gasteiger partial charge >= 0.3 is 18.3 Å². The third-order valence-corrected chi connectivity index (χ3v) is 3.13. The van der Waals surface area contributed by atoms with Gasteiger partial charge in [-0.3, -0.25) is 0 Å². The number of carbonyl (C=O) groups is 1. The Morgan fingerprint density at radius 1 is 1.12 bits per heavy atom. The number of aromatic nitrogens is 3. The molecule has 1 aromatic carbocycles. The number of anilines is 1. The summed E-state index contributed by atoms with van der Waals surface area (Å²) in [6, 6.07) is 1.08. The van der Waals surface area contributed by atoms with E-state index in [-0.39, 0.29) is 17.4 Å². The molecule has 2 aromatic rings. The minimum absolute atomic E-state index is 0.00801. The number of nitrogens with two attached hydrogens (primary N) is 1. The highest BCUT2D eigenvalue weighted by Crippen LogP contribution is 2.36. The number of rotatable bonds is 3. The van der Waals surface area contributed by atoms with Crippen LogP contribution in [0.4, 0.5) is 32.2 Å². The quantitative estimate of drug-likeness (QED) is 0.665. The van der Waals surface area contributed by atoms with Gasteiger partial charge in [0.05, 0.1) is 24.8 Å². The molecule has 0 aliphatic rings. The average Bonchev–Trinajstić information content (AvgIpc) is 2.85. The van der Waals surface area contributed by atoms with E-state index in [1.807, 2.05) is 0 Å². The monoisotopic (exact) mass is 368 g/mol. The highest BCUT2D eigenvalue weighted by Gasteiger charge is 2.37. The fraction of sp³-hybridized carbons (Fsp3) is 0.308. The first kappa shape index (κ1) is 18.5. The smallest absolute Gasteiger partial charge is 0.416 e. The largest absolute Gasteiger partial charge is 0.464 e. The Bertz CT molecular complexity index is 765. The van der Waals surface area contributed by atoms with E-state index in [0.717, 1.165) is 11.8 Å². The summed E-state index contributed by atoms with van der Waals surface area (Å²) in [5, 5.41) is 6.84. The Morgan fingerprint density at radius 2 is 1.64 bits per heavy atom. The van der Waals surface area contributed by atoms with E-state index in [1.165, 1.54) is 0 Å². The molecule has 1 heterocycles. The second-order valence-electron chi connectivity index (χ2n) is 4.89. The molecule has 0 unspecified atom stereocenters. The molecule has 0 aliphatic carbocycles. The molecule has 2 rings (SSSR count). The van der Waals surface area contributed by atoms with Crippen LogP contribution in [-0.2, 0) is 23.6 Å². The molecular formula is C13H10F6N4O2. The van der Waals surface area contributed by atoms with Crippen molar-refractivity contribution >= 4 is 11.8 Å². The molecule has 0 radical (unpaired) electrons. The predicted octanol–water partition coefficient (Wildman–Crippen LogP) is 2.73. The fourth-order valence-corrected chi connectivity index (χ4v) is 1.96. The first-order valence-corrected chi connectivity index (χ1v) is 6.49. The SMILES string of the molecule is COC(=O)c1nnn(Cc2cc(C(F)(F)F)cc(C(F)(F)F)c2)c1N. The maximum atomic E-state index is 12.8. The van der Waals surface area contributed by atoms with Gasteiger partial charge in [0.15, 0.2) is 5.82 Å². The molecule has 6 nitrogen and oxygen atoms in total. The number of nitrogens with zero attached hydrogens (tertiary/aromatic N) is 3. The third kappa shape index (κ3) is 4.00. The number of carbonyl (C=O) groups excluding carboxylic acids is 1. The minimum Gasteiger partial charge on any atom is -0.464 e. The fourth-order valence-electron chi connectivity index (χ4n) is 1.96. The van der Waals surface area contributed by atoms with Crippen LogP contribution in [0, 0.1) is 0 Å². The van der Waals surface area contributed by atoms with Crippen molar-refractivity contribution in [2.24, 2.45) is 0 Å². The van der Waals surface area contributed by atoms with Gasteiger partial charge in [0.2, 0.25) is 5.69 Å². The molecule has 0 spiro atoms. The average molecular weight is 368 g/mol. The Kier molecular flexibility index (Phi) is 4.64. The summed E-state index contributed by atoms with van der Waals surface area (Å²) in [6.45, 7) is -0.553. The second kappa shape index (κ2) is 6.26. The zero-order valence-electron chi connectivity index (χ0n) is 12.4. The number of ether oxygens (including phenoxy) is 1. The van der Waals surface area contributed by atoms with Crippen LogP contribution in [0.2, 0.25) is 0 Å². The van der Waals surface area contributed by atoms with Crippen molar-refractivity contribution in [2.45, 2.75) is 18.9 Å². The van der Waals surface area contributed by atoms with Gasteiger partial charge in [-0.05, 0) is 23.8 Å². The lowest BCUT2D eigenvalue weighted by atomic mass is 10.0. The van der Waals surface area contributed by atoms with Crippen molar-refractivity contribution in [2.75, 3.05) is 12.8 Å². The molecule has 2 N–H and O–H groups in total. The van der Waals surface area contributed by atoms with Crippen LogP contribution < -0.4 is 5.73 Å². The highest BCUT2D eigenvalue weighted by atomic mass is 19.4. The first-order chi connectivity index (χ1) is 11.4. The van der Waals surface area contributed by atoms with Gasteiger partial charge < -0.3 is 10.5 Å². The van der Waals surface area contributed by atoms with Gasteiger partial charge in [0.25, 0.3) is 0 Å². The Balaban J connectivity index is 2.46. The van der Waals surface area contributed by atoms with Crippen molar-refractivity contribution in [1.29, 1.82) is 0 Å². The summed E-state index contributed by atoms with van der Waals surface area (Å²) < 4.78 is 82.1. The Hall–Kier alpha value is -2.79. The summed E-state index contributed by atoms with van der Waals surface area (Å²) in [5.41, 5.74) is 1.87. The number of benzene rings is 1. The lowest BCUT2D eigenvalue weighted by Gasteiger charge is -2.14. The van der Waals surface area contributed by atoms with Crippen LogP contribution in [0.5, 0.6) is 0 Å². The Morgan fingerprint density at radius 3 is 2.08 bits per heavy atom. The molecule has 0 saturated heterocycles. The number of methoxy groups -OCH3 is 1. The summed E-state index contributed by atoms with van der Waals surface area (Å²) in [4.78, 5) is 11.4. The van der Waals surface area contributed by atoms with Crippen molar-refractivity contribution in [3.05, 3.63) is 40.6 Å². The van der Waals surface area contributed by atoms with E-state index in [0.29, 0.717) is 12.1 Å². The van der Waals surface area contributed by atoms with E-state index in [1.54, 1.807) is 0 Å². The van der Waals surface area contributed by atoms with Crippen molar-refractivity contribution < 1.29 is 35.9 Å². The van der Waals surface area contributed by atoms with Gasteiger partial charge in [0, 0.05) is 0 Å². The molecule has 0 fully saturated rings. The summed E-state index contributed by atoms with van der Waals surface area (Å²) in [6.07, 6.45) is -9.94. The van der Waals surface area contributed by atoms with Gasteiger partial charge in [-0.2, -0.15) is 26.3 Å². The van der Waals surface area contributed by atoms with E-state index in [2.05, 4.69) is 15.0 Å². The number of hydrogen-bond donors (Lipinski definition) is 1. The predicted molar refractivity (Wildman–Crippen MR) is 71.3 cm³/mol. The number of nitrogen functional groups attached to an aromatic ring is 1. The molecule has 0 amide bonds. The van der Waals surface area contributed by atoms with E-state index in [4.69, 9.17) is 5.73 Å². The standard InChI is InChI=1S/C13H10F6N4O2/c1-25-11(24)9-10(20)23(22-21-9)5-6-2-7(12(14,15)16)4-8(3-6)13(17,18)19/h2-4H,5,20H2,1H3. The molecule has 12 heteroatoms. The number of esters is 1. The van der Waals surface area contributed by atoms with E-state index in [9.17, 15) is 31.1 Å². The molecule has 0 bridgehead atoms. The molecule has 0 saturated carbocycles. The van der Waals surface area contributed by atoms with Crippen molar-refractivity contribution in [3.8, 4) is 0 Å². The lowest BCUT2D eigenvalue weighted by molar-refractivity contribution is -0.143. The number of alkyl halides is 6. The summed E-state index contributed by atoms with van der Waals surface area (Å²) in [7, 11) is 1.04. The van der Waals surface area contributed by atoms with Crippen LogP contribution in [-0.4, -0.2) is 28.1 Å². The van der Waals surface area contributed by atoms with Crippen LogP contribution in [0.15, 0.2) is 18.2 Å². The molecule has 0 aliphatic heterocycles. The molecule has 136 valence electrons. The van der Waals surface area contributed by atoms with Crippen LogP contribution in [0.1, 0.15) is 27.2 Å². The van der Waals surface area contributed by atoms with E-state index < -0.39 is 41.7 Å². The zero-order chi connectivity index (χ0) is 19.0. The molecule has 0 atom stereocenters. The van der Waals surface area contributed by atoms with Crippen molar-refractivity contribution in [3.63, 3.8) is 0 Å². The second-order valence-corrected chi connectivity index (χ2v) is 4.89. The summed E-state index contributed by atoms with van der Waals surface area (Å²) >= 11 is 0. The van der Waals surface area contributed by atoms with Crippen molar-refractivity contribution in [1.82, 2.24) is 15.0 Å². The minimum atomic E-state index is -4.97. The van der Waals surface area contributed by atoms with Crippen LogP contribution in [0.3, 0.4) is 0 Å². The van der Waals surface area contributed by atoms with Gasteiger partial charge in [-0.1, -0.05) is 5.21 Å². The van der Waals surface area contributed by atoms with Gasteiger partial charge in [0.1, 0.15) is 0 Å². The number of halogens is 6. The molecule has 25 heavy (non-hydrogen) atoms. The topological polar surface area (TPSA) is 83.0 Å². The Labute approximate surface area is 136 Å². The third-order valence-electron chi connectivity index (χ3n) is 3.13. The van der Waals surface area contributed by atoms with E-state index >= 15 is 0 Å². The van der Waals surface area contributed by atoms with Crippen LogP contribution in [0.25, 0.3) is 0 Å². The lowest BCUT2D eigenvalue weighted by Crippen LogP contribution is -2.14. The molecular weight excluding hydrogens is 358 g/mol. The van der Waals surface area contributed by atoms with Gasteiger partial charge in [-0.25, -0.2) is 9.48 Å². The van der Waals surface area contributed by atoms with Gasteiger partial charge in [-0.15, -0.1) is 5.10 Å². The maximum Gasteiger partial charge on any atom is 0.416 e. The molecule has 1 aromatic heterocycles. The zero-order valence-corrected chi connectivity index (χ0v) is 12.4. The van der Waals surface area contributed by atoms with Crippen LogP contribution >= 0.6 is 0 Å². The highest BCUT2D eigenvalue weighted by molar-refractivity contribution is 5.91. The normalized spacial score (nSPS) is 12.3. The maximum absolute atomic E-state index is 12.8. The summed E-state index contributed by atoms with van der Waals surface area (Å²) in [5.74, 6) is -1.29. The number of hydrogen-bond acceptors (Lipinski definition) is 5. The first-order valence-electron chi connectivity index (χ1n) is 6.49.